The SMILES string of the molecule is CCOC(=O)[C@@H]1CN(C)CCN1C1CCN(C(=O)[C@@H](Cc2cc(Cl)c(N)c(C(F)(F)F)c2)OC(=O)N2CCC(N3CCc4ccccc4NC3=O)CC2)CC1. The fourth-order valence-corrected chi connectivity index (χ4v) is 8.40. The van der Waals surface area contributed by atoms with Gasteiger partial charge in [0.05, 0.1) is 22.9 Å². The molecule has 4 amide bonds. The Kier molecular flexibility index (Phi) is 12.7. The molecule has 4 aliphatic heterocycles. The first-order valence-electron chi connectivity index (χ1n) is 18.9. The summed E-state index contributed by atoms with van der Waals surface area (Å²) in [5.74, 6) is -0.825. The molecule has 4 heterocycles. The molecule has 3 saturated heterocycles. The van der Waals surface area contributed by atoms with Crippen LogP contribution in [0.3, 0.4) is 0 Å². The van der Waals surface area contributed by atoms with Gasteiger partial charge in [-0.15, -0.1) is 0 Å². The van der Waals surface area contributed by atoms with Gasteiger partial charge in [-0.05, 0) is 75.4 Å². The van der Waals surface area contributed by atoms with Crippen molar-refractivity contribution >= 4 is 47.0 Å². The molecule has 0 unspecified atom stereocenters. The molecule has 0 spiro atoms. The third-order valence-electron chi connectivity index (χ3n) is 11.2. The second kappa shape index (κ2) is 17.2. The van der Waals surface area contributed by atoms with Crippen molar-refractivity contribution in [1.29, 1.82) is 0 Å². The minimum absolute atomic E-state index is 0.000139. The molecule has 3 fully saturated rings. The van der Waals surface area contributed by atoms with Crippen LogP contribution in [0.15, 0.2) is 36.4 Å². The lowest BCUT2D eigenvalue weighted by Gasteiger charge is -2.45. The van der Waals surface area contributed by atoms with Crippen LogP contribution in [0, 0.1) is 0 Å². The number of carbonyl (C=O) groups excluding carboxylic acids is 4. The fraction of sp³-hybridized carbons (Fsp3) is 0.579. The van der Waals surface area contributed by atoms with Crippen LogP contribution in [0.1, 0.15) is 49.3 Å². The molecule has 2 aromatic rings. The molecule has 0 aliphatic carbocycles. The number of ether oxygens (including phenoxy) is 2. The van der Waals surface area contributed by atoms with Crippen LogP contribution in [0.2, 0.25) is 5.02 Å². The summed E-state index contributed by atoms with van der Waals surface area (Å²) in [4.78, 5) is 62.9. The normalized spacial score (nSPS) is 21.4. The molecule has 0 bridgehead atoms. The summed E-state index contributed by atoms with van der Waals surface area (Å²) in [5.41, 5.74) is 5.76. The van der Waals surface area contributed by atoms with Crippen LogP contribution in [-0.4, -0.2) is 139 Å². The van der Waals surface area contributed by atoms with Gasteiger partial charge in [-0.25, -0.2) is 9.59 Å². The first-order chi connectivity index (χ1) is 26.2. The Morgan fingerprint density at radius 2 is 1.64 bits per heavy atom. The molecule has 17 heteroatoms. The van der Waals surface area contributed by atoms with Gasteiger partial charge < -0.3 is 40.1 Å². The average molecular weight is 792 g/mol. The van der Waals surface area contributed by atoms with Crippen molar-refractivity contribution in [3.05, 3.63) is 58.1 Å². The number of piperidine rings is 2. The maximum absolute atomic E-state index is 14.2. The van der Waals surface area contributed by atoms with Crippen molar-refractivity contribution in [1.82, 2.24) is 24.5 Å². The smallest absolute Gasteiger partial charge is 0.418 e. The second-order valence-electron chi connectivity index (χ2n) is 14.7. The lowest BCUT2D eigenvalue weighted by Crippen LogP contribution is -2.61. The largest absolute Gasteiger partial charge is 0.465 e. The van der Waals surface area contributed by atoms with E-state index in [2.05, 4.69) is 15.1 Å². The van der Waals surface area contributed by atoms with E-state index in [1.165, 1.54) is 11.0 Å². The number of nitrogens with one attached hydrogen (secondary N) is 1. The Morgan fingerprint density at radius 3 is 2.33 bits per heavy atom. The monoisotopic (exact) mass is 791 g/mol. The summed E-state index contributed by atoms with van der Waals surface area (Å²) >= 11 is 6.13. The van der Waals surface area contributed by atoms with Gasteiger partial charge in [0.1, 0.15) is 6.04 Å². The van der Waals surface area contributed by atoms with E-state index in [9.17, 15) is 32.3 Å². The number of rotatable bonds is 8. The van der Waals surface area contributed by atoms with Crippen molar-refractivity contribution in [2.24, 2.45) is 0 Å². The number of urea groups is 1. The Bertz CT molecular complexity index is 1730. The van der Waals surface area contributed by atoms with Crippen LogP contribution >= 0.6 is 11.6 Å². The van der Waals surface area contributed by atoms with Crippen LogP contribution in [0.25, 0.3) is 0 Å². The predicted octanol–water partition coefficient (Wildman–Crippen LogP) is 4.71. The molecule has 6 rings (SSSR count). The summed E-state index contributed by atoms with van der Waals surface area (Å²) in [5, 5.41) is 2.65. The van der Waals surface area contributed by atoms with E-state index in [1.54, 1.807) is 16.7 Å². The van der Waals surface area contributed by atoms with Crippen LogP contribution in [0.5, 0.6) is 0 Å². The van der Waals surface area contributed by atoms with Crippen LogP contribution in [-0.2, 0) is 38.1 Å². The number of alkyl halides is 3. The third kappa shape index (κ3) is 9.41. The van der Waals surface area contributed by atoms with Gasteiger partial charge in [0.2, 0.25) is 0 Å². The zero-order valence-corrected chi connectivity index (χ0v) is 31.9. The average Bonchev–Trinajstić information content (AvgIpc) is 3.33. The van der Waals surface area contributed by atoms with E-state index in [-0.39, 0.29) is 60.8 Å². The van der Waals surface area contributed by atoms with Gasteiger partial charge in [-0.2, -0.15) is 13.2 Å². The number of fused-ring (bicyclic) bond motifs is 1. The summed E-state index contributed by atoms with van der Waals surface area (Å²) in [6, 6.07) is 8.97. The molecule has 3 N–H and O–H groups in total. The molecular formula is C38H49ClF3N7O6. The molecule has 2 aromatic carbocycles. The third-order valence-corrected chi connectivity index (χ3v) is 11.5. The summed E-state index contributed by atoms with van der Waals surface area (Å²) in [7, 11) is 1.95. The number of anilines is 2. The van der Waals surface area contributed by atoms with Gasteiger partial charge in [-0.1, -0.05) is 29.8 Å². The molecule has 55 heavy (non-hydrogen) atoms. The summed E-state index contributed by atoms with van der Waals surface area (Å²) in [6.07, 6.45) is -4.66. The molecule has 2 atom stereocenters. The van der Waals surface area contributed by atoms with E-state index in [4.69, 9.17) is 26.8 Å². The molecule has 0 aromatic heterocycles. The Labute approximate surface area is 323 Å². The zero-order valence-electron chi connectivity index (χ0n) is 31.2. The van der Waals surface area contributed by atoms with E-state index in [0.717, 1.165) is 23.9 Å². The second-order valence-corrected chi connectivity index (χ2v) is 15.1. The number of nitrogen functional groups attached to an aromatic ring is 1. The number of carbonyl (C=O) groups is 4. The number of nitrogens with two attached hydrogens (primary N) is 1. The van der Waals surface area contributed by atoms with E-state index < -0.39 is 41.6 Å². The Balaban J connectivity index is 1.13. The predicted molar refractivity (Wildman–Crippen MR) is 200 cm³/mol. The van der Waals surface area contributed by atoms with E-state index in [0.29, 0.717) is 64.8 Å². The number of halogens is 4. The van der Waals surface area contributed by atoms with Gasteiger partial charge >= 0.3 is 24.3 Å². The van der Waals surface area contributed by atoms with E-state index >= 15 is 0 Å². The van der Waals surface area contributed by atoms with Gasteiger partial charge in [-0.3, -0.25) is 14.5 Å². The quantitative estimate of drug-likeness (QED) is 0.287. The highest BCUT2D eigenvalue weighted by atomic mass is 35.5. The molecule has 4 aliphatic rings. The Morgan fingerprint density at radius 1 is 0.964 bits per heavy atom. The zero-order chi connectivity index (χ0) is 39.4. The minimum Gasteiger partial charge on any atom is -0.465 e. The van der Waals surface area contributed by atoms with Crippen molar-refractivity contribution in [3.63, 3.8) is 0 Å². The standard InChI is InChI=1S/C38H49ClF3N7O6/c1-3-54-35(51)31-23-45(2)18-19-48(31)26-9-13-46(14-10-26)34(50)32(22-24-20-28(38(40,41)42)33(43)29(39)21-24)55-37(53)47-15-11-27(12-16-47)49-17-8-25-6-4-5-7-30(25)44-36(49)52/h4-7,20-21,26-27,31-32H,3,8-19,22-23,43H2,1-2H3,(H,44,52)/t31-,32+/m0/s1. The first kappa shape index (κ1) is 40.4. The Hall–Kier alpha value is -4.28. The van der Waals surface area contributed by atoms with Crippen molar-refractivity contribution < 1.29 is 41.8 Å². The number of hydrogen-bond donors (Lipinski definition) is 2. The summed E-state index contributed by atoms with van der Waals surface area (Å²) < 4.78 is 52.9. The number of esters is 1. The number of likely N-dealkylation sites (tertiary alicyclic amines) is 2. The number of para-hydroxylation sites is 1. The number of amides is 4. The molecule has 13 nitrogen and oxygen atoms in total. The minimum atomic E-state index is -4.80. The van der Waals surface area contributed by atoms with Crippen LogP contribution in [0.4, 0.5) is 34.1 Å². The molecule has 0 radical (unpaired) electrons. The molecular weight excluding hydrogens is 743 g/mol. The lowest BCUT2D eigenvalue weighted by molar-refractivity contribution is -0.155. The number of nitrogens with zero attached hydrogens (tertiary/aromatic N) is 5. The topological polar surface area (TPSA) is 141 Å². The highest BCUT2D eigenvalue weighted by Crippen LogP contribution is 2.38. The van der Waals surface area contributed by atoms with Crippen molar-refractivity contribution in [2.75, 3.05) is 77.1 Å². The highest BCUT2D eigenvalue weighted by Gasteiger charge is 2.41. The van der Waals surface area contributed by atoms with Gasteiger partial charge in [0.25, 0.3) is 5.91 Å². The number of likely N-dealkylation sites (N-methyl/N-ethyl adjacent to an activating group) is 1. The maximum Gasteiger partial charge on any atom is 0.418 e. The number of piperazine rings is 1. The lowest BCUT2D eigenvalue weighted by atomic mass is 9.98. The molecule has 0 saturated carbocycles. The van der Waals surface area contributed by atoms with Gasteiger partial charge in [0, 0.05) is 76.5 Å². The summed E-state index contributed by atoms with van der Waals surface area (Å²) in [6.45, 7) is 5.61. The fourth-order valence-electron chi connectivity index (χ4n) is 8.15. The number of benzene rings is 2. The maximum atomic E-state index is 14.2. The van der Waals surface area contributed by atoms with Gasteiger partial charge in [0.15, 0.2) is 6.10 Å². The first-order valence-corrected chi connectivity index (χ1v) is 19.3. The van der Waals surface area contributed by atoms with E-state index in [1.807, 2.05) is 31.3 Å². The number of hydrogen-bond acceptors (Lipinski definition) is 9. The van der Waals surface area contributed by atoms with Crippen LogP contribution < -0.4 is 11.1 Å². The molecule has 300 valence electrons. The van der Waals surface area contributed by atoms with Crippen molar-refractivity contribution in [2.45, 2.75) is 75.9 Å². The highest BCUT2D eigenvalue weighted by molar-refractivity contribution is 6.33. The van der Waals surface area contributed by atoms with Crippen molar-refractivity contribution in [3.8, 4) is 0 Å².